The van der Waals surface area contributed by atoms with Gasteiger partial charge in [-0.3, -0.25) is 10.1 Å². The monoisotopic (exact) mass is 222 g/mol. The van der Waals surface area contributed by atoms with Gasteiger partial charge in [-0.25, -0.2) is 0 Å². The summed E-state index contributed by atoms with van der Waals surface area (Å²) in [6, 6.07) is 4.63. The van der Waals surface area contributed by atoms with Crippen molar-refractivity contribution < 1.29 is 4.92 Å². The third-order valence-electron chi connectivity index (χ3n) is 2.74. The molecule has 1 unspecified atom stereocenters. The molecule has 0 aliphatic rings. The molecule has 0 amide bonds. The van der Waals surface area contributed by atoms with Crippen LogP contribution in [-0.4, -0.2) is 4.92 Å². The van der Waals surface area contributed by atoms with Gasteiger partial charge in [-0.1, -0.05) is 26.8 Å². The first-order chi connectivity index (χ1) is 7.23. The van der Waals surface area contributed by atoms with E-state index in [0.29, 0.717) is 0 Å². The van der Waals surface area contributed by atoms with Crippen molar-refractivity contribution in [3.8, 4) is 0 Å². The van der Waals surface area contributed by atoms with Crippen molar-refractivity contribution in [1.82, 2.24) is 0 Å². The maximum Gasteiger partial charge on any atom is 0.269 e. The van der Waals surface area contributed by atoms with Gasteiger partial charge in [-0.2, -0.15) is 0 Å². The van der Waals surface area contributed by atoms with E-state index >= 15 is 0 Å². The first-order valence-corrected chi connectivity index (χ1v) is 5.24. The Bertz CT molecular complexity index is 408. The molecule has 0 aliphatic carbocycles. The minimum absolute atomic E-state index is 0.0975. The van der Waals surface area contributed by atoms with Crippen LogP contribution in [0.1, 0.15) is 37.9 Å². The molecule has 0 saturated carbocycles. The van der Waals surface area contributed by atoms with E-state index in [9.17, 15) is 10.1 Å². The molecule has 1 aromatic carbocycles. The van der Waals surface area contributed by atoms with Gasteiger partial charge in [0.2, 0.25) is 0 Å². The molecule has 0 radical (unpaired) electrons. The quantitative estimate of drug-likeness (QED) is 0.617. The summed E-state index contributed by atoms with van der Waals surface area (Å²) in [6.45, 7) is 7.99. The molecule has 0 fully saturated rings. The molecule has 4 heteroatoms. The predicted octanol–water partition coefficient (Wildman–Crippen LogP) is 2.95. The third-order valence-corrected chi connectivity index (χ3v) is 2.74. The zero-order valence-corrected chi connectivity index (χ0v) is 10.2. The first kappa shape index (κ1) is 12.6. The second kappa shape index (κ2) is 4.22. The van der Waals surface area contributed by atoms with Gasteiger partial charge in [0.05, 0.1) is 4.92 Å². The number of hydrogen-bond acceptors (Lipinski definition) is 3. The molecule has 0 heterocycles. The highest BCUT2D eigenvalue weighted by molar-refractivity contribution is 5.41. The highest BCUT2D eigenvalue weighted by Gasteiger charge is 2.25. The first-order valence-electron chi connectivity index (χ1n) is 5.24. The van der Waals surface area contributed by atoms with Crippen LogP contribution >= 0.6 is 0 Å². The van der Waals surface area contributed by atoms with E-state index in [2.05, 4.69) is 0 Å². The normalized spacial score (nSPS) is 13.6. The molecule has 1 rings (SSSR count). The van der Waals surface area contributed by atoms with Crippen LogP contribution in [0.25, 0.3) is 0 Å². The lowest BCUT2D eigenvalue weighted by Crippen LogP contribution is -2.27. The van der Waals surface area contributed by atoms with E-state index in [0.717, 1.165) is 11.1 Å². The van der Waals surface area contributed by atoms with E-state index in [-0.39, 0.29) is 17.1 Å². The van der Waals surface area contributed by atoms with Crippen LogP contribution in [0, 0.1) is 22.5 Å². The fourth-order valence-electron chi connectivity index (χ4n) is 1.54. The van der Waals surface area contributed by atoms with Gasteiger partial charge in [0.25, 0.3) is 5.69 Å². The summed E-state index contributed by atoms with van der Waals surface area (Å²) in [5.74, 6) is 0. The average Bonchev–Trinajstić information content (AvgIpc) is 2.15. The van der Waals surface area contributed by atoms with Gasteiger partial charge in [-0.15, -0.1) is 0 Å². The van der Waals surface area contributed by atoms with Crippen molar-refractivity contribution in [3.63, 3.8) is 0 Å². The molecular formula is C12H18N2O2. The number of benzene rings is 1. The molecule has 0 saturated heterocycles. The van der Waals surface area contributed by atoms with E-state index in [4.69, 9.17) is 5.73 Å². The lowest BCUT2D eigenvalue weighted by molar-refractivity contribution is -0.385. The Morgan fingerprint density at radius 2 is 1.94 bits per heavy atom. The Balaban J connectivity index is 3.22. The van der Waals surface area contributed by atoms with Crippen LogP contribution in [0.3, 0.4) is 0 Å². The zero-order valence-electron chi connectivity index (χ0n) is 10.2. The number of nitrogens with two attached hydrogens (primary N) is 1. The van der Waals surface area contributed by atoms with Gasteiger partial charge in [0.15, 0.2) is 0 Å². The zero-order chi connectivity index (χ0) is 12.5. The molecule has 16 heavy (non-hydrogen) atoms. The number of aryl methyl sites for hydroxylation is 1. The minimum atomic E-state index is -0.391. The van der Waals surface area contributed by atoms with Gasteiger partial charge < -0.3 is 5.73 Å². The van der Waals surface area contributed by atoms with Crippen LogP contribution in [0.15, 0.2) is 18.2 Å². The summed E-state index contributed by atoms with van der Waals surface area (Å²) in [5, 5.41) is 10.7. The number of rotatable bonds is 2. The molecule has 0 spiro atoms. The number of non-ortho nitro benzene ring substituents is 1. The molecule has 0 aromatic heterocycles. The SMILES string of the molecule is Cc1ccc([N+](=O)[O-])cc1C(N)C(C)(C)C. The molecule has 0 bridgehead atoms. The van der Waals surface area contributed by atoms with Gasteiger partial charge in [0, 0.05) is 18.2 Å². The summed E-state index contributed by atoms with van der Waals surface area (Å²) in [4.78, 5) is 10.3. The maximum absolute atomic E-state index is 10.7. The maximum atomic E-state index is 10.7. The Kier molecular flexibility index (Phi) is 3.33. The van der Waals surface area contributed by atoms with Gasteiger partial charge >= 0.3 is 0 Å². The average molecular weight is 222 g/mol. The lowest BCUT2D eigenvalue weighted by atomic mass is 9.81. The van der Waals surface area contributed by atoms with Crippen LogP contribution in [0.5, 0.6) is 0 Å². The standard InChI is InChI=1S/C12H18N2O2/c1-8-5-6-9(14(15)16)7-10(8)11(13)12(2,3)4/h5-7,11H,13H2,1-4H3. The van der Waals surface area contributed by atoms with Crippen molar-refractivity contribution >= 4 is 5.69 Å². The number of nitrogens with zero attached hydrogens (tertiary/aromatic N) is 1. The molecule has 1 aromatic rings. The van der Waals surface area contributed by atoms with Crippen LogP contribution in [0.2, 0.25) is 0 Å². The highest BCUT2D eigenvalue weighted by Crippen LogP contribution is 2.33. The van der Waals surface area contributed by atoms with E-state index in [1.807, 2.05) is 27.7 Å². The van der Waals surface area contributed by atoms with Crippen molar-refractivity contribution in [2.24, 2.45) is 11.1 Å². The third kappa shape index (κ3) is 2.58. The van der Waals surface area contributed by atoms with Crippen molar-refractivity contribution in [2.45, 2.75) is 33.7 Å². The smallest absolute Gasteiger partial charge is 0.269 e. The Morgan fingerprint density at radius 1 is 1.38 bits per heavy atom. The van der Waals surface area contributed by atoms with E-state index in [1.165, 1.54) is 6.07 Å². The van der Waals surface area contributed by atoms with Crippen LogP contribution in [-0.2, 0) is 0 Å². The molecular weight excluding hydrogens is 204 g/mol. The van der Waals surface area contributed by atoms with Crippen molar-refractivity contribution in [1.29, 1.82) is 0 Å². The number of nitro benzene ring substituents is 1. The van der Waals surface area contributed by atoms with Gasteiger partial charge in [-0.05, 0) is 23.5 Å². The Morgan fingerprint density at radius 3 is 2.38 bits per heavy atom. The topological polar surface area (TPSA) is 69.2 Å². The summed E-state index contributed by atoms with van der Waals surface area (Å²) in [7, 11) is 0. The second-order valence-electron chi connectivity index (χ2n) is 5.14. The fourth-order valence-corrected chi connectivity index (χ4v) is 1.54. The summed E-state index contributed by atoms with van der Waals surface area (Å²) in [5.41, 5.74) is 7.95. The van der Waals surface area contributed by atoms with Gasteiger partial charge in [0.1, 0.15) is 0 Å². The molecule has 4 nitrogen and oxygen atoms in total. The number of hydrogen-bond donors (Lipinski definition) is 1. The Hall–Kier alpha value is -1.42. The van der Waals surface area contributed by atoms with Crippen LogP contribution in [0.4, 0.5) is 5.69 Å². The summed E-state index contributed by atoms with van der Waals surface area (Å²) >= 11 is 0. The van der Waals surface area contributed by atoms with E-state index < -0.39 is 4.92 Å². The Labute approximate surface area is 95.6 Å². The molecule has 2 N–H and O–H groups in total. The molecule has 88 valence electrons. The fraction of sp³-hybridized carbons (Fsp3) is 0.500. The van der Waals surface area contributed by atoms with E-state index in [1.54, 1.807) is 12.1 Å². The second-order valence-corrected chi connectivity index (χ2v) is 5.14. The summed E-state index contributed by atoms with van der Waals surface area (Å²) in [6.07, 6.45) is 0. The van der Waals surface area contributed by atoms with Crippen LogP contribution < -0.4 is 5.73 Å². The highest BCUT2D eigenvalue weighted by atomic mass is 16.6. The van der Waals surface area contributed by atoms with Crippen molar-refractivity contribution in [3.05, 3.63) is 39.4 Å². The number of nitro groups is 1. The van der Waals surface area contributed by atoms with Crippen molar-refractivity contribution in [2.75, 3.05) is 0 Å². The predicted molar refractivity (Wildman–Crippen MR) is 64.2 cm³/mol. The lowest BCUT2D eigenvalue weighted by Gasteiger charge is -2.28. The summed E-state index contributed by atoms with van der Waals surface area (Å²) < 4.78 is 0. The molecule has 0 aliphatic heterocycles. The largest absolute Gasteiger partial charge is 0.324 e. The molecule has 1 atom stereocenters. The minimum Gasteiger partial charge on any atom is -0.324 e.